The van der Waals surface area contributed by atoms with E-state index >= 15 is 0 Å². The molecule has 0 heterocycles. The van der Waals surface area contributed by atoms with Crippen molar-refractivity contribution in [1.82, 2.24) is 5.32 Å². The molecule has 0 bridgehead atoms. The molecule has 21 heavy (non-hydrogen) atoms. The van der Waals surface area contributed by atoms with Crippen molar-refractivity contribution in [1.29, 1.82) is 0 Å². The van der Waals surface area contributed by atoms with Gasteiger partial charge in [-0.15, -0.1) is 0 Å². The number of alkyl halides is 2. The zero-order valence-corrected chi connectivity index (χ0v) is 11.7. The molecule has 1 unspecified atom stereocenters. The average molecular weight is 301 g/mol. The number of hydrogen-bond donors (Lipinski definition) is 2. The molecule has 0 aliphatic heterocycles. The largest absolute Gasteiger partial charge is 0.480 e. The maximum Gasteiger partial charge on any atom is 0.387 e. The lowest BCUT2D eigenvalue weighted by Gasteiger charge is -2.20. The molecule has 0 fully saturated rings. The van der Waals surface area contributed by atoms with Gasteiger partial charge in [0.2, 0.25) is 0 Å². The molecule has 7 heteroatoms. The van der Waals surface area contributed by atoms with Gasteiger partial charge in [0, 0.05) is 5.56 Å². The van der Waals surface area contributed by atoms with E-state index in [-0.39, 0.29) is 17.2 Å². The molecule has 0 spiro atoms. The Bertz CT molecular complexity index is 490. The molecule has 1 aromatic rings. The van der Waals surface area contributed by atoms with Crippen LogP contribution in [-0.4, -0.2) is 29.6 Å². The van der Waals surface area contributed by atoms with E-state index in [9.17, 15) is 18.4 Å². The third-order valence-corrected chi connectivity index (χ3v) is 3.11. The van der Waals surface area contributed by atoms with E-state index in [1.807, 2.05) is 6.92 Å². The van der Waals surface area contributed by atoms with E-state index in [1.165, 1.54) is 24.3 Å². The van der Waals surface area contributed by atoms with Crippen molar-refractivity contribution in [2.24, 2.45) is 5.92 Å². The second-order valence-corrected chi connectivity index (χ2v) is 4.58. The summed E-state index contributed by atoms with van der Waals surface area (Å²) in [5, 5.41) is 11.5. The highest BCUT2D eigenvalue weighted by Crippen LogP contribution is 2.15. The molecule has 1 rings (SSSR count). The van der Waals surface area contributed by atoms with E-state index in [1.54, 1.807) is 6.92 Å². The third kappa shape index (κ3) is 5.02. The standard InChI is InChI=1S/C14H17F2NO4/c1-3-8(2)11(13(19)20)17-12(18)9-4-6-10(7-5-9)21-14(15)16/h4-8,11,14H,3H2,1-2H3,(H,17,18)(H,19,20)/t8?,11-/m0/s1. The predicted octanol–water partition coefficient (Wildman–Crippen LogP) is 2.52. The number of ether oxygens (including phenoxy) is 1. The quantitative estimate of drug-likeness (QED) is 0.811. The minimum absolute atomic E-state index is 0.0711. The zero-order chi connectivity index (χ0) is 16.0. The molecular weight excluding hydrogens is 284 g/mol. The van der Waals surface area contributed by atoms with Gasteiger partial charge >= 0.3 is 12.6 Å². The smallest absolute Gasteiger partial charge is 0.387 e. The molecule has 0 radical (unpaired) electrons. The monoisotopic (exact) mass is 301 g/mol. The first-order valence-electron chi connectivity index (χ1n) is 6.43. The van der Waals surface area contributed by atoms with Crippen LogP contribution < -0.4 is 10.1 Å². The van der Waals surface area contributed by atoms with Crippen molar-refractivity contribution < 1.29 is 28.2 Å². The summed E-state index contributed by atoms with van der Waals surface area (Å²) in [6.07, 6.45) is 0.596. The van der Waals surface area contributed by atoms with Gasteiger partial charge in [-0.2, -0.15) is 8.78 Å². The molecule has 0 aromatic heterocycles. The molecular formula is C14H17F2NO4. The second-order valence-electron chi connectivity index (χ2n) is 4.58. The normalized spacial score (nSPS) is 13.6. The zero-order valence-electron chi connectivity index (χ0n) is 11.7. The fourth-order valence-corrected chi connectivity index (χ4v) is 1.70. The number of amides is 1. The summed E-state index contributed by atoms with van der Waals surface area (Å²) < 4.78 is 28.2. The van der Waals surface area contributed by atoms with Crippen LogP contribution in [-0.2, 0) is 4.79 Å². The number of carbonyl (C=O) groups excluding carboxylic acids is 1. The summed E-state index contributed by atoms with van der Waals surface area (Å²) in [7, 11) is 0. The minimum atomic E-state index is -2.94. The molecule has 1 aromatic carbocycles. The Labute approximate surface area is 120 Å². The Morgan fingerprint density at radius 2 is 1.86 bits per heavy atom. The topological polar surface area (TPSA) is 75.6 Å². The van der Waals surface area contributed by atoms with Gasteiger partial charge in [0.05, 0.1) is 0 Å². The fourth-order valence-electron chi connectivity index (χ4n) is 1.70. The van der Waals surface area contributed by atoms with Gasteiger partial charge < -0.3 is 15.2 Å². The molecule has 1 amide bonds. The number of benzene rings is 1. The van der Waals surface area contributed by atoms with Crippen LogP contribution in [0.1, 0.15) is 30.6 Å². The lowest BCUT2D eigenvalue weighted by molar-refractivity contribution is -0.140. The highest BCUT2D eigenvalue weighted by molar-refractivity contribution is 5.96. The van der Waals surface area contributed by atoms with Crippen molar-refractivity contribution in [2.75, 3.05) is 0 Å². The number of nitrogens with one attached hydrogen (secondary N) is 1. The maximum absolute atomic E-state index is 12.0. The predicted molar refractivity (Wildman–Crippen MR) is 71.4 cm³/mol. The van der Waals surface area contributed by atoms with Crippen LogP contribution in [0.4, 0.5) is 8.78 Å². The van der Waals surface area contributed by atoms with Gasteiger partial charge in [-0.05, 0) is 30.2 Å². The molecule has 0 saturated heterocycles. The average Bonchev–Trinajstić information content (AvgIpc) is 2.43. The first-order valence-corrected chi connectivity index (χ1v) is 6.43. The van der Waals surface area contributed by atoms with Crippen LogP contribution >= 0.6 is 0 Å². The second kappa shape index (κ2) is 7.56. The summed E-state index contributed by atoms with van der Waals surface area (Å²) in [6.45, 7) is 0.605. The SMILES string of the molecule is CCC(C)[C@H](NC(=O)c1ccc(OC(F)F)cc1)C(=O)O. The van der Waals surface area contributed by atoms with Crippen LogP contribution in [0.5, 0.6) is 5.75 Å². The number of carboxylic acid groups (broad SMARTS) is 1. The van der Waals surface area contributed by atoms with Crippen LogP contribution in [0.25, 0.3) is 0 Å². The van der Waals surface area contributed by atoms with Crippen molar-refractivity contribution in [3.05, 3.63) is 29.8 Å². The van der Waals surface area contributed by atoms with Gasteiger partial charge in [0.15, 0.2) is 0 Å². The van der Waals surface area contributed by atoms with Crippen molar-refractivity contribution >= 4 is 11.9 Å². The number of carbonyl (C=O) groups is 2. The van der Waals surface area contributed by atoms with Crippen LogP contribution in [0.15, 0.2) is 24.3 Å². The van der Waals surface area contributed by atoms with E-state index in [2.05, 4.69) is 10.1 Å². The molecule has 116 valence electrons. The Morgan fingerprint density at radius 3 is 2.29 bits per heavy atom. The van der Waals surface area contributed by atoms with Crippen molar-refractivity contribution in [3.63, 3.8) is 0 Å². The lowest BCUT2D eigenvalue weighted by Crippen LogP contribution is -2.45. The van der Waals surface area contributed by atoms with Gasteiger partial charge in [0.1, 0.15) is 11.8 Å². The van der Waals surface area contributed by atoms with E-state index in [0.717, 1.165) is 0 Å². The van der Waals surface area contributed by atoms with Gasteiger partial charge in [0.25, 0.3) is 5.91 Å². The number of rotatable bonds is 7. The number of hydrogen-bond acceptors (Lipinski definition) is 3. The summed E-state index contributed by atoms with van der Waals surface area (Å²) in [5.41, 5.74) is 0.172. The molecule has 0 saturated carbocycles. The first-order chi connectivity index (χ1) is 9.85. The van der Waals surface area contributed by atoms with Crippen LogP contribution in [0, 0.1) is 5.92 Å². The Kier molecular flexibility index (Phi) is 6.08. The van der Waals surface area contributed by atoms with E-state index < -0.39 is 24.5 Å². The van der Waals surface area contributed by atoms with Crippen molar-refractivity contribution in [3.8, 4) is 5.75 Å². The molecule has 0 aliphatic rings. The van der Waals surface area contributed by atoms with Gasteiger partial charge in [-0.1, -0.05) is 20.3 Å². The third-order valence-electron chi connectivity index (χ3n) is 3.11. The van der Waals surface area contributed by atoms with E-state index in [0.29, 0.717) is 6.42 Å². The molecule has 2 atom stereocenters. The number of carboxylic acids is 1. The molecule has 5 nitrogen and oxygen atoms in total. The minimum Gasteiger partial charge on any atom is -0.480 e. The van der Waals surface area contributed by atoms with E-state index in [4.69, 9.17) is 5.11 Å². The van der Waals surface area contributed by atoms with Crippen LogP contribution in [0.2, 0.25) is 0 Å². The van der Waals surface area contributed by atoms with Gasteiger partial charge in [-0.3, -0.25) is 4.79 Å². The summed E-state index contributed by atoms with van der Waals surface area (Å²) >= 11 is 0. The van der Waals surface area contributed by atoms with Gasteiger partial charge in [-0.25, -0.2) is 4.79 Å². The summed E-state index contributed by atoms with van der Waals surface area (Å²) in [4.78, 5) is 23.1. The molecule has 0 aliphatic carbocycles. The molecule has 2 N–H and O–H groups in total. The number of aliphatic carboxylic acids is 1. The Hall–Kier alpha value is -2.18. The van der Waals surface area contributed by atoms with Crippen molar-refractivity contribution in [2.45, 2.75) is 32.9 Å². The Morgan fingerprint density at radius 1 is 1.29 bits per heavy atom. The Balaban J connectivity index is 2.76. The fraction of sp³-hybridized carbons (Fsp3) is 0.429. The lowest BCUT2D eigenvalue weighted by atomic mass is 9.99. The highest BCUT2D eigenvalue weighted by atomic mass is 19.3. The summed E-state index contributed by atoms with van der Waals surface area (Å²) in [5.74, 6) is -1.99. The highest BCUT2D eigenvalue weighted by Gasteiger charge is 2.25. The summed E-state index contributed by atoms with van der Waals surface area (Å²) in [6, 6.07) is 4.03. The maximum atomic E-state index is 12.0. The van der Waals surface area contributed by atoms with Crippen LogP contribution in [0.3, 0.4) is 0 Å². The number of halogens is 2. The first kappa shape index (κ1) is 16.9.